The van der Waals surface area contributed by atoms with Crippen LogP contribution < -0.4 is 0 Å². The minimum Gasteiger partial charge on any atom is -0.477 e. The molecule has 2 unspecified atom stereocenters. The third-order valence-corrected chi connectivity index (χ3v) is 7.16. The molecule has 0 amide bonds. The van der Waals surface area contributed by atoms with Gasteiger partial charge < -0.3 is 23.8 Å². The number of carbonyl (C=O) groups is 3. The number of quaternary nitrogens is 1. The quantitative estimate of drug-likeness (QED) is 0.0448. The van der Waals surface area contributed by atoms with Crippen LogP contribution in [-0.4, -0.2) is 80.6 Å². The van der Waals surface area contributed by atoms with Crippen molar-refractivity contribution in [1.29, 1.82) is 0 Å². The van der Waals surface area contributed by atoms with Crippen LogP contribution >= 0.6 is 0 Å². The number of allylic oxidation sites excluding steroid dienone is 2. The molecule has 0 bridgehead atoms. The molecule has 240 valence electrons. The zero-order valence-corrected chi connectivity index (χ0v) is 27.0. The Labute approximate surface area is 250 Å². The van der Waals surface area contributed by atoms with Gasteiger partial charge in [0.1, 0.15) is 6.61 Å². The molecular formula is C33H62NO7+. The summed E-state index contributed by atoms with van der Waals surface area (Å²) in [6, 6.07) is -0.608. The normalized spacial score (nSPS) is 13.3. The van der Waals surface area contributed by atoms with E-state index in [-0.39, 0.29) is 36.2 Å². The molecule has 0 spiro atoms. The van der Waals surface area contributed by atoms with Crippen molar-refractivity contribution in [3.05, 3.63) is 12.2 Å². The van der Waals surface area contributed by atoms with E-state index in [1.165, 1.54) is 32.1 Å². The first-order valence-corrected chi connectivity index (χ1v) is 16.2. The Morgan fingerprint density at radius 3 is 1.80 bits per heavy atom. The van der Waals surface area contributed by atoms with Crippen molar-refractivity contribution in [2.75, 3.05) is 41.0 Å². The minimum absolute atomic E-state index is 0.0524. The second-order valence-corrected chi connectivity index (χ2v) is 12.1. The maximum atomic E-state index is 12.5. The zero-order chi connectivity index (χ0) is 30.8. The molecule has 1 N–H and O–H groups in total. The number of carbonyl (C=O) groups excluding carboxylic acids is 2. The summed E-state index contributed by atoms with van der Waals surface area (Å²) in [7, 11) is 5.49. The first-order valence-electron chi connectivity index (χ1n) is 16.2. The van der Waals surface area contributed by atoms with Crippen molar-refractivity contribution in [3.63, 3.8) is 0 Å². The van der Waals surface area contributed by atoms with E-state index >= 15 is 0 Å². The molecule has 0 aromatic heterocycles. The molecular weight excluding hydrogens is 522 g/mol. The molecule has 0 heterocycles. The number of likely N-dealkylation sites (N-methyl/N-ethyl adjacent to an activating group) is 1. The molecule has 0 saturated carbocycles. The fraction of sp³-hybridized carbons (Fsp3) is 0.848. The van der Waals surface area contributed by atoms with Crippen molar-refractivity contribution in [2.24, 2.45) is 0 Å². The number of carboxylic acid groups (broad SMARTS) is 1. The highest BCUT2D eigenvalue weighted by Crippen LogP contribution is 2.12. The second-order valence-electron chi connectivity index (χ2n) is 12.1. The lowest BCUT2D eigenvalue weighted by Crippen LogP contribution is -2.50. The highest BCUT2D eigenvalue weighted by Gasteiger charge is 2.31. The Hall–Kier alpha value is -1.93. The molecule has 0 aliphatic carbocycles. The number of unbranched alkanes of at least 4 members (excludes halogenated alkanes) is 12. The van der Waals surface area contributed by atoms with Gasteiger partial charge in [0.05, 0.1) is 34.4 Å². The Morgan fingerprint density at radius 1 is 0.707 bits per heavy atom. The molecule has 0 saturated heterocycles. The maximum absolute atomic E-state index is 12.5. The van der Waals surface area contributed by atoms with Gasteiger partial charge in [-0.05, 0) is 38.5 Å². The molecule has 0 radical (unpaired) electrons. The van der Waals surface area contributed by atoms with E-state index in [2.05, 4.69) is 26.0 Å². The Morgan fingerprint density at radius 2 is 1.22 bits per heavy atom. The zero-order valence-electron chi connectivity index (χ0n) is 27.0. The summed E-state index contributed by atoms with van der Waals surface area (Å²) in [5.74, 6) is -1.50. The van der Waals surface area contributed by atoms with Crippen LogP contribution in [0, 0.1) is 0 Å². The topological polar surface area (TPSA) is 99.1 Å². The van der Waals surface area contributed by atoms with Crippen molar-refractivity contribution in [2.45, 2.75) is 142 Å². The molecule has 0 aromatic rings. The molecule has 8 heteroatoms. The third kappa shape index (κ3) is 24.4. The Kier molecular flexibility index (Phi) is 24.5. The van der Waals surface area contributed by atoms with Crippen LogP contribution in [0.5, 0.6) is 0 Å². The van der Waals surface area contributed by atoms with Crippen LogP contribution in [0.3, 0.4) is 0 Å². The largest absolute Gasteiger partial charge is 0.477 e. The molecule has 0 fully saturated rings. The monoisotopic (exact) mass is 584 g/mol. The summed E-state index contributed by atoms with van der Waals surface area (Å²) in [4.78, 5) is 36.3. The van der Waals surface area contributed by atoms with Crippen LogP contribution in [-0.2, 0) is 28.6 Å². The van der Waals surface area contributed by atoms with Gasteiger partial charge in [0.15, 0.2) is 12.1 Å². The number of nitrogens with zero attached hydrogens (tertiary/aromatic N) is 1. The van der Waals surface area contributed by atoms with Gasteiger partial charge in [-0.15, -0.1) is 0 Å². The van der Waals surface area contributed by atoms with Gasteiger partial charge in [0.2, 0.25) is 0 Å². The first kappa shape index (κ1) is 39.1. The van der Waals surface area contributed by atoms with Gasteiger partial charge >= 0.3 is 17.9 Å². The smallest absolute Gasteiger partial charge is 0.362 e. The predicted octanol–water partition coefficient (Wildman–Crippen LogP) is 7.24. The molecule has 2 atom stereocenters. The molecule has 0 aliphatic heterocycles. The molecule has 0 aromatic carbocycles. The summed E-state index contributed by atoms with van der Waals surface area (Å²) in [6.07, 6.45) is 21.4. The number of esters is 2. The van der Waals surface area contributed by atoms with E-state index in [9.17, 15) is 19.5 Å². The highest BCUT2D eigenvalue weighted by atomic mass is 16.6. The first-order chi connectivity index (χ1) is 19.6. The van der Waals surface area contributed by atoms with Crippen LogP contribution in [0.1, 0.15) is 129 Å². The van der Waals surface area contributed by atoms with E-state index < -0.39 is 18.1 Å². The second kappa shape index (κ2) is 25.8. The lowest BCUT2D eigenvalue weighted by Gasteiger charge is -2.31. The number of hydrogen-bond acceptors (Lipinski definition) is 6. The van der Waals surface area contributed by atoms with E-state index in [0.717, 1.165) is 64.2 Å². The fourth-order valence-electron chi connectivity index (χ4n) is 4.55. The highest BCUT2D eigenvalue weighted by molar-refractivity contribution is 5.72. The summed E-state index contributed by atoms with van der Waals surface area (Å²) >= 11 is 0. The van der Waals surface area contributed by atoms with E-state index in [4.69, 9.17) is 14.2 Å². The van der Waals surface area contributed by atoms with Crippen LogP contribution in [0.15, 0.2) is 12.2 Å². The van der Waals surface area contributed by atoms with Crippen molar-refractivity contribution >= 4 is 17.9 Å². The number of ether oxygens (including phenoxy) is 3. The van der Waals surface area contributed by atoms with Crippen molar-refractivity contribution in [3.8, 4) is 0 Å². The van der Waals surface area contributed by atoms with Crippen molar-refractivity contribution < 1.29 is 38.2 Å². The summed E-state index contributed by atoms with van der Waals surface area (Å²) in [6.45, 7) is 4.59. The van der Waals surface area contributed by atoms with Gasteiger partial charge in [0, 0.05) is 19.3 Å². The van der Waals surface area contributed by atoms with Gasteiger partial charge in [-0.2, -0.15) is 0 Å². The SMILES string of the molecule is CCCCC/C=C\CCCCCCCC(=O)OC(COCCC(C(=O)O)[N+](C)(C)C)COC(=O)CCCCCCC. The van der Waals surface area contributed by atoms with E-state index in [0.29, 0.717) is 19.3 Å². The summed E-state index contributed by atoms with van der Waals surface area (Å²) in [5, 5.41) is 9.51. The van der Waals surface area contributed by atoms with Gasteiger partial charge in [-0.3, -0.25) is 9.59 Å². The van der Waals surface area contributed by atoms with E-state index in [1.54, 1.807) is 0 Å². The Balaban J connectivity index is 4.46. The molecule has 41 heavy (non-hydrogen) atoms. The molecule has 8 nitrogen and oxygen atoms in total. The standard InChI is InChI=1S/C33H61NO7/c1-6-8-10-12-13-14-15-16-17-18-20-22-24-32(36)41-29(28-40-31(35)23-21-19-11-9-7-2)27-39-26-25-30(33(37)38)34(3,4)5/h13-14,29-30H,6-12,15-28H2,1-5H3/p+1/b14-13-. The lowest BCUT2D eigenvalue weighted by atomic mass is 10.1. The number of carboxylic acids is 1. The summed E-state index contributed by atoms with van der Waals surface area (Å²) < 4.78 is 17.0. The number of aliphatic carboxylic acids is 1. The van der Waals surface area contributed by atoms with Gasteiger partial charge in [-0.25, -0.2) is 4.79 Å². The van der Waals surface area contributed by atoms with Crippen LogP contribution in [0.25, 0.3) is 0 Å². The van der Waals surface area contributed by atoms with Crippen molar-refractivity contribution in [1.82, 2.24) is 0 Å². The van der Waals surface area contributed by atoms with E-state index in [1.807, 2.05) is 21.1 Å². The fourth-order valence-corrected chi connectivity index (χ4v) is 4.55. The van der Waals surface area contributed by atoms with Crippen LogP contribution in [0.4, 0.5) is 0 Å². The van der Waals surface area contributed by atoms with Crippen LogP contribution in [0.2, 0.25) is 0 Å². The minimum atomic E-state index is -0.879. The van der Waals surface area contributed by atoms with Gasteiger partial charge in [0.25, 0.3) is 0 Å². The molecule has 0 aliphatic rings. The third-order valence-electron chi connectivity index (χ3n) is 7.16. The Bertz CT molecular complexity index is 702. The average molecular weight is 585 g/mol. The average Bonchev–Trinajstić information content (AvgIpc) is 2.90. The predicted molar refractivity (Wildman–Crippen MR) is 165 cm³/mol. The summed E-state index contributed by atoms with van der Waals surface area (Å²) in [5.41, 5.74) is 0. The molecule has 0 rings (SSSR count). The lowest BCUT2D eigenvalue weighted by molar-refractivity contribution is -0.887. The number of hydrogen-bond donors (Lipinski definition) is 1. The number of rotatable bonds is 28. The maximum Gasteiger partial charge on any atom is 0.362 e. The van der Waals surface area contributed by atoms with Gasteiger partial charge in [-0.1, -0.05) is 83.8 Å².